The van der Waals surface area contributed by atoms with Crippen molar-refractivity contribution in [2.45, 2.75) is 19.8 Å². The van der Waals surface area contributed by atoms with Gasteiger partial charge in [0.1, 0.15) is 0 Å². The standard InChI is InChI=1S/C17H23Cl2N3O2/c1-2-3-6-20-16(23)12-21-7-9-22(10-8-21)17(24)14-5-4-13(18)11-15(14)19/h4-5,11H,2-3,6-10,12H2,1H3,(H,20,23). The Balaban J connectivity index is 1.81. The van der Waals surface area contributed by atoms with Crippen LogP contribution >= 0.6 is 23.2 Å². The second-order valence-electron chi connectivity index (χ2n) is 5.90. The van der Waals surface area contributed by atoms with Crippen LogP contribution in [0.15, 0.2) is 18.2 Å². The number of benzene rings is 1. The molecule has 2 amide bonds. The van der Waals surface area contributed by atoms with Crippen LogP contribution < -0.4 is 5.32 Å². The van der Waals surface area contributed by atoms with E-state index < -0.39 is 0 Å². The van der Waals surface area contributed by atoms with Crippen molar-refractivity contribution in [3.8, 4) is 0 Å². The molecule has 1 fully saturated rings. The van der Waals surface area contributed by atoms with Gasteiger partial charge < -0.3 is 10.2 Å². The van der Waals surface area contributed by atoms with Crippen LogP contribution in [0.5, 0.6) is 0 Å². The smallest absolute Gasteiger partial charge is 0.255 e. The summed E-state index contributed by atoms with van der Waals surface area (Å²) in [5, 5.41) is 3.79. The molecule has 0 aliphatic carbocycles. The van der Waals surface area contributed by atoms with Crippen molar-refractivity contribution >= 4 is 35.0 Å². The summed E-state index contributed by atoms with van der Waals surface area (Å²) in [6.07, 6.45) is 2.06. The fourth-order valence-corrected chi connectivity index (χ4v) is 3.10. The molecule has 5 nitrogen and oxygen atoms in total. The molecule has 1 aromatic rings. The summed E-state index contributed by atoms with van der Waals surface area (Å²) < 4.78 is 0. The Morgan fingerprint density at radius 2 is 1.88 bits per heavy atom. The summed E-state index contributed by atoms with van der Waals surface area (Å²) in [7, 11) is 0. The van der Waals surface area contributed by atoms with Gasteiger partial charge in [-0.1, -0.05) is 36.5 Å². The number of hydrogen-bond acceptors (Lipinski definition) is 3. The molecule has 0 spiro atoms. The minimum Gasteiger partial charge on any atom is -0.355 e. The van der Waals surface area contributed by atoms with Crippen molar-refractivity contribution in [2.75, 3.05) is 39.3 Å². The van der Waals surface area contributed by atoms with Crippen molar-refractivity contribution in [1.29, 1.82) is 0 Å². The number of nitrogens with one attached hydrogen (secondary N) is 1. The molecule has 7 heteroatoms. The van der Waals surface area contributed by atoms with E-state index in [0.29, 0.717) is 48.3 Å². The zero-order valence-electron chi connectivity index (χ0n) is 13.9. The molecular weight excluding hydrogens is 349 g/mol. The molecule has 2 rings (SSSR count). The van der Waals surface area contributed by atoms with Crippen molar-refractivity contribution in [3.63, 3.8) is 0 Å². The Hall–Kier alpha value is -1.30. The van der Waals surface area contributed by atoms with E-state index in [0.717, 1.165) is 19.4 Å². The van der Waals surface area contributed by atoms with Gasteiger partial charge in [0.05, 0.1) is 17.1 Å². The van der Waals surface area contributed by atoms with Gasteiger partial charge >= 0.3 is 0 Å². The molecular formula is C17H23Cl2N3O2. The molecule has 132 valence electrons. The molecule has 1 N–H and O–H groups in total. The highest BCUT2D eigenvalue weighted by Crippen LogP contribution is 2.22. The van der Waals surface area contributed by atoms with Gasteiger partial charge in [0, 0.05) is 37.7 Å². The highest BCUT2D eigenvalue weighted by Gasteiger charge is 2.24. The third-order valence-electron chi connectivity index (χ3n) is 4.04. The van der Waals surface area contributed by atoms with Crippen LogP contribution in [-0.2, 0) is 4.79 Å². The van der Waals surface area contributed by atoms with Crippen LogP contribution in [0.3, 0.4) is 0 Å². The minimum atomic E-state index is -0.0938. The van der Waals surface area contributed by atoms with Crippen molar-refractivity contribution < 1.29 is 9.59 Å². The molecule has 0 unspecified atom stereocenters. The van der Waals surface area contributed by atoms with E-state index in [1.54, 1.807) is 23.1 Å². The van der Waals surface area contributed by atoms with Crippen molar-refractivity contribution in [2.24, 2.45) is 0 Å². The van der Waals surface area contributed by atoms with E-state index in [4.69, 9.17) is 23.2 Å². The van der Waals surface area contributed by atoms with E-state index in [9.17, 15) is 9.59 Å². The minimum absolute atomic E-state index is 0.0453. The number of halogens is 2. The molecule has 1 saturated heterocycles. The van der Waals surface area contributed by atoms with Gasteiger partial charge in [0.25, 0.3) is 5.91 Å². The highest BCUT2D eigenvalue weighted by molar-refractivity contribution is 6.36. The van der Waals surface area contributed by atoms with Crippen LogP contribution in [-0.4, -0.2) is 60.9 Å². The fourth-order valence-electron chi connectivity index (χ4n) is 2.61. The lowest BCUT2D eigenvalue weighted by atomic mass is 10.1. The molecule has 1 aromatic carbocycles. The number of carbonyl (C=O) groups is 2. The SMILES string of the molecule is CCCCNC(=O)CN1CCN(C(=O)c2ccc(Cl)cc2Cl)CC1. The van der Waals surface area contributed by atoms with Gasteiger partial charge in [-0.2, -0.15) is 0 Å². The third-order valence-corrected chi connectivity index (χ3v) is 4.59. The van der Waals surface area contributed by atoms with Crippen LogP contribution in [0.25, 0.3) is 0 Å². The average molecular weight is 372 g/mol. The normalized spacial score (nSPS) is 15.4. The molecule has 0 atom stereocenters. The number of rotatable bonds is 6. The van der Waals surface area contributed by atoms with Gasteiger partial charge in [0.2, 0.25) is 5.91 Å². The van der Waals surface area contributed by atoms with E-state index in [-0.39, 0.29) is 11.8 Å². The fraction of sp³-hybridized carbons (Fsp3) is 0.529. The van der Waals surface area contributed by atoms with Crippen LogP contribution in [0.2, 0.25) is 10.0 Å². The molecule has 1 aliphatic heterocycles. The second kappa shape index (κ2) is 9.25. The van der Waals surface area contributed by atoms with E-state index in [2.05, 4.69) is 17.1 Å². The predicted octanol–water partition coefficient (Wildman–Crippen LogP) is 2.67. The monoisotopic (exact) mass is 371 g/mol. The number of piperazine rings is 1. The quantitative estimate of drug-likeness (QED) is 0.782. The summed E-state index contributed by atoms with van der Waals surface area (Å²) in [6, 6.07) is 4.89. The highest BCUT2D eigenvalue weighted by atomic mass is 35.5. The Bertz CT molecular complexity index is 587. The predicted molar refractivity (Wildman–Crippen MR) is 96.7 cm³/mol. The molecule has 1 heterocycles. The van der Waals surface area contributed by atoms with Gasteiger partial charge in [-0.05, 0) is 24.6 Å². The molecule has 0 bridgehead atoms. The van der Waals surface area contributed by atoms with E-state index >= 15 is 0 Å². The lowest BCUT2D eigenvalue weighted by molar-refractivity contribution is -0.122. The largest absolute Gasteiger partial charge is 0.355 e. The molecule has 0 saturated carbocycles. The van der Waals surface area contributed by atoms with Gasteiger partial charge in [-0.3, -0.25) is 14.5 Å². The maximum Gasteiger partial charge on any atom is 0.255 e. The zero-order chi connectivity index (χ0) is 17.5. The zero-order valence-corrected chi connectivity index (χ0v) is 15.4. The number of nitrogens with zero attached hydrogens (tertiary/aromatic N) is 2. The first kappa shape index (κ1) is 19.0. The van der Waals surface area contributed by atoms with Crippen LogP contribution in [0.4, 0.5) is 0 Å². The topological polar surface area (TPSA) is 52.7 Å². The van der Waals surface area contributed by atoms with E-state index in [1.807, 2.05) is 0 Å². The Morgan fingerprint density at radius 3 is 2.50 bits per heavy atom. The number of hydrogen-bond donors (Lipinski definition) is 1. The summed E-state index contributed by atoms with van der Waals surface area (Å²) in [6.45, 7) is 5.72. The Morgan fingerprint density at radius 1 is 1.17 bits per heavy atom. The summed E-state index contributed by atoms with van der Waals surface area (Å²) in [5.41, 5.74) is 0.465. The van der Waals surface area contributed by atoms with Crippen LogP contribution in [0, 0.1) is 0 Å². The van der Waals surface area contributed by atoms with E-state index in [1.165, 1.54) is 0 Å². The first-order valence-electron chi connectivity index (χ1n) is 8.24. The van der Waals surface area contributed by atoms with Crippen molar-refractivity contribution in [3.05, 3.63) is 33.8 Å². The number of carbonyl (C=O) groups excluding carboxylic acids is 2. The molecule has 0 radical (unpaired) electrons. The number of unbranched alkanes of at least 4 members (excludes halogenated alkanes) is 1. The maximum atomic E-state index is 12.5. The third kappa shape index (κ3) is 5.36. The Kier molecular flexibility index (Phi) is 7.34. The lowest BCUT2D eigenvalue weighted by Gasteiger charge is -2.34. The summed E-state index contributed by atoms with van der Waals surface area (Å²) in [4.78, 5) is 28.2. The lowest BCUT2D eigenvalue weighted by Crippen LogP contribution is -2.51. The van der Waals surface area contributed by atoms with Gasteiger partial charge in [-0.15, -0.1) is 0 Å². The summed E-state index contributed by atoms with van der Waals surface area (Å²) >= 11 is 12.0. The Labute approximate surface area is 152 Å². The summed E-state index contributed by atoms with van der Waals surface area (Å²) in [5.74, 6) is -0.0484. The van der Waals surface area contributed by atoms with Gasteiger partial charge in [-0.25, -0.2) is 0 Å². The molecule has 1 aliphatic rings. The molecule has 0 aromatic heterocycles. The average Bonchev–Trinajstić information content (AvgIpc) is 2.55. The van der Waals surface area contributed by atoms with Crippen LogP contribution in [0.1, 0.15) is 30.1 Å². The first-order valence-corrected chi connectivity index (χ1v) is 9.00. The number of amides is 2. The first-order chi connectivity index (χ1) is 11.5. The maximum absolute atomic E-state index is 12.5. The van der Waals surface area contributed by atoms with Crippen molar-refractivity contribution in [1.82, 2.24) is 15.1 Å². The second-order valence-corrected chi connectivity index (χ2v) is 6.74. The van der Waals surface area contributed by atoms with Gasteiger partial charge in [0.15, 0.2) is 0 Å². The molecule has 24 heavy (non-hydrogen) atoms.